The van der Waals surface area contributed by atoms with E-state index in [1.54, 1.807) is 18.2 Å². The number of nitrogens with zero attached hydrogens (tertiary/aromatic N) is 1. The lowest BCUT2D eigenvalue weighted by Gasteiger charge is -1.94. The van der Waals surface area contributed by atoms with Gasteiger partial charge in [-0.25, -0.2) is 9.37 Å². The summed E-state index contributed by atoms with van der Waals surface area (Å²) in [5.74, 6) is 0.458. The van der Waals surface area contributed by atoms with Crippen LogP contribution in [-0.4, -0.2) is 9.97 Å². The zero-order valence-electron chi connectivity index (χ0n) is 9.76. The molecule has 100 valence electrons. The van der Waals surface area contributed by atoms with Crippen LogP contribution in [0.5, 0.6) is 0 Å². The molecule has 0 saturated carbocycles. The van der Waals surface area contributed by atoms with E-state index in [-0.39, 0.29) is 30.6 Å². The Morgan fingerprint density at radius 1 is 1.00 bits per heavy atom. The van der Waals surface area contributed by atoms with Crippen molar-refractivity contribution < 1.29 is 4.39 Å². The highest BCUT2D eigenvalue weighted by atomic mass is 35.5. The maximum atomic E-state index is 12.8. The Labute approximate surface area is 121 Å². The van der Waals surface area contributed by atoms with Crippen molar-refractivity contribution in [3.63, 3.8) is 0 Å². The fourth-order valence-electron chi connectivity index (χ4n) is 1.77. The number of hydrogen-bond acceptors (Lipinski definition) is 2. The van der Waals surface area contributed by atoms with Crippen LogP contribution in [0.1, 0.15) is 0 Å². The van der Waals surface area contributed by atoms with E-state index >= 15 is 0 Å². The first kappa shape index (κ1) is 15.3. The van der Waals surface area contributed by atoms with Crippen LogP contribution >= 0.6 is 24.8 Å². The molecule has 3 aromatic rings. The van der Waals surface area contributed by atoms with E-state index in [0.29, 0.717) is 11.5 Å². The van der Waals surface area contributed by atoms with Gasteiger partial charge < -0.3 is 10.7 Å². The summed E-state index contributed by atoms with van der Waals surface area (Å²) in [5.41, 5.74) is 8.95. The van der Waals surface area contributed by atoms with Crippen molar-refractivity contribution in [3.8, 4) is 11.4 Å². The SMILES string of the molecule is Cl.Cl.Nc1ccc2nc(-c3ccc(F)cc3)[nH]c2c1. The molecular weight excluding hydrogens is 288 g/mol. The fraction of sp³-hybridized carbons (Fsp3) is 0. The maximum absolute atomic E-state index is 12.8. The number of nitrogen functional groups attached to an aromatic ring is 1. The third-order valence-electron chi connectivity index (χ3n) is 2.62. The summed E-state index contributed by atoms with van der Waals surface area (Å²) >= 11 is 0. The summed E-state index contributed by atoms with van der Waals surface area (Å²) < 4.78 is 12.8. The van der Waals surface area contributed by atoms with E-state index in [2.05, 4.69) is 9.97 Å². The van der Waals surface area contributed by atoms with Crippen LogP contribution in [0.3, 0.4) is 0 Å². The normalized spacial score (nSPS) is 9.74. The molecule has 0 aliphatic heterocycles. The zero-order valence-corrected chi connectivity index (χ0v) is 11.4. The van der Waals surface area contributed by atoms with Crippen molar-refractivity contribution in [1.29, 1.82) is 0 Å². The van der Waals surface area contributed by atoms with Crippen molar-refractivity contribution in [1.82, 2.24) is 9.97 Å². The smallest absolute Gasteiger partial charge is 0.138 e. The number of aromatic amines is 1. The lowest BCUT2D eigenvalue weighted by Crippen LogP contribution is -1.82. The van der Waals surface area contributed by atoms with Gasteiger partial charge >= 0.3 is 0 Å². The Bertz CT molecular complexity index is 680. The quantitative estimate of drug-likeness (QED) is 0.672. The summed E-state index contributed by atoms with van der Waals surface area (Å²) in [6, 6.07) is 11.7. The lowest BCUT2D eigenvalue weighted by atomic mass is 10.2. The minimum Gasteiger partial charge on any atom is -0.399 e. The number of fused-ring (bicyclic) bond motifs is 1. The molecule has 3 rings (SSSR count). The molecule has 3 N–H and O–H groups in total. The lowest BCUT2D eigenvalue weighted by molar-refractivity contribution is 0.628. The molecule has 3 nitrogen and oxygen atoms in total. The van der Waals surface area contributed by atoms with E-state index in [0.717, 1.165) is 16.6 Å². The van der Waals surface area contributed by atoms with Gasteiger partial charge in [0.25, 0.3) is 0 Å². The monoisotopic (exact) mass is 299 g/mol. The van der Waals surface area contributed by atoms with E-state index < -0.39 is 0 Å². The molecule has 0 fully saturated rings. The first-order valence-electron chi connectivity index (χ1n) is 5.23. The van der Waals surface area contributed by atoms with Gasteiger partial charge in [-0.15, -0.1) is 24.8 Å². The number of benzene rings is 2. The molecule has 0 saturated heterocycles. The molecule has 0 amide bonds. The molecule has 0 aliphatic carbocycles. The largest absolute Gasteiger partial charge is 0.399 e. The van der Waals surface area contributed by atoms with Gasteiger partial charge in [0, 0.05) is 11.3 Å². The standard InChI is InChI=1S/C13H10FN3.2ClH/c14-9-3-1-8(2-4-9)13-16-11-6-5-10(15)7-12(11)17-13;;/h1-7H,15H2,(H,16,17);2*1H. The van der Waals surface area contributed by atoms with Crippen molar-refractivity contribution in [2.45, 2.75) is 0 Å². The summed E-state index contributed by atoms with van der Waals surface area (Å²) in [5, 5.41) is 0. The van der Waals surface area contributed by atoms with Crippen molar-refractivity contribution in [2.75, 3.05) is 5.73 Å². The van der Waals surface area contributed by atoms with E-state index in [1.807, 2.05) is 12.1 Å². The summed E-state index contributed by atoms with van der Waals surface area (Å²) in [6.07, 6.45) is 0. The second-order valence-corrected chi connectivity index (χ2v) is 3.87. The number of rotatable bonds is 1. The first-order chi connectivity index (χ1) is 8.22. The number of hydrogen-bond donors (Lipinski definition) is 2. The molecule has 0 bridgehead atoms. The number of halogens is 3. The summed E-state index contributed by atoms with van der Waals surface area (Å²) in [6.45, 7) is 0. The van der Waals surface area contributed by atoms with E-state index in [9.17, 15) is 4.39 Å². The number of anilines is 1. The minimum atomic E-state index is -0.255. The van der Waals surface area contributed by atoms with Crippen LogP contribution < -0.4 is 5.73 Å². The summed E-state index contributed by atoms with van der Waals surface area (Å²) in [4.78, 5) is 7.58. The Morgan fingerprint density at radius 2 is 1.68 bits per heavy atom. The number of aromatic nitrogens is 2. The first-order valence-corrected chi connectivity index (χ1v) is 5.23. The fourth-order valence-corrected chi connectivity index (χ4v) is 1.77. The number of H-pyrrole nitrogens is 1. The average Bonchev–Trinajstić information content (AvgIpc) is 2.72. The van der Waals surface area contributed by atoms with Gasteiger partial charge in [-0.05, 0) is 42.5 Å². The third kappa shape index (κ3) is 2.97. The van der Waals surface area contributed by atoms with Crippen molar-refractivity contribution in [2.24, 2.45) is 0 Å². The second-order valence-electron chi connectivity index (χ2n) is 3.87. The van der Waals surface area contributed by atoms with Gasteiger partial charge in [0.15, 0.2) is 0 Å². The number of imidazole rings is 1. The minimum absolute atomic E-state index is 0. The predicted octanol–water partition coefficient (Wildman–Crippen LogP) is 3.79. The van der Waals surface area contributed by atoms with E-state index in [1.165, 1.54) is 12.1 Å². The van der Waals surface area contributed by atoms with Crippen LogP contribution in [0.15, 0.2) is 42.5 Å². The molecule has 6 heteroatoms. The molecule has 0 spiro atoms. The Kier molecular flexibility index (Phi) is 4.75. The van der Waals surface area contributed by atoms with E-state index in [4.69, 9.17) is 5.73 Å². The van der Waals surface area contributed by atoms with Gasteiger partial charge in [-0.1, -0.05) is 0 Å². The number of nitrogens with two attached hydrogens (primary N) is 1. The van der Waals surface area contributed by atoms with Crippen LogP contribution in [0.2, 0.25) is 0 Å². The highest BCUT2D eigenvalue weighted by Crippen LogP contribution is 2.21. The molecule has 1 heterocycles. The molecule has 1 aromatic heterocycles. The zero-order chi connectivity index (χ0) is 11.8. The average molecular weight is 300 g/mol. The van der Waals surface area contributed by atoms with Gasteiger partial charge in [0.05, 0.1) is 11.0 Å². The topological polar surface area (TPSA) is 54.7 Å². The summed E-state index contributed by atoms with van der Waals surface area (Å²) in [7, 11) is 0. The van der Waals surface area contributed by atoms with Gasteiger partial charge in [-0.2, -0.15) is 0 Å². The van der Waals surface area contributed by atoms with Crippen LogP contribution in [0, 0.1) is 5.82 Å². The molecule has 0 unspecified atom stereocenters. The predicted molar refractivity (Wildman–Crippen MR) is 80.4 cm³/mol. The Hall–Kier alpha value is -1.78. The Balaban J connectivity index is 0.000000902. The molecule has 0 aliphatic rings. The molecule has 19 heavy (non-hydrogen) atoms. The third-order valence-corrected chi connectivity index (χ3v) is 2.62. The van der Waals surface area contributed by atoms with Crippen LogP contribution in [0.25, 0.3) is 22.4 Å². The van der Waals surface area contributed by atoms with Gasteiger partial charge in [-0.3, -0.25) is 0 Å². The van der Waals surface area contributed by atoms with Crippen LogP contribution in [-0.2, 0) is 0 Å². The molecule has 2 aromatic carbocycles. The molecule has 0 atom stereocenters. The molecular formula is C13H12Cl2FN3. The molecule has 0 radical (unpaired) electrons. The Morgan fingerprint density at radius 3 is 2.37 bits per heavy atom. The second kappa shape index (κ2) is 5.91. The number of nitrogens with one attached hydrogen (secondary N) is 1. The highest BCUT2D eigenvalue weighted by Gasteiger charge is 2.05. The van der Waals surface area contributed by atoms with Gasteiger partial charge in [0.2, 0.25) is 0 Å². The highest BCUT2D eigenvalue weighted by molar-refractivity contribution is 5.85. The van der Waals surface area contributed by atoms with Crippen LogP contribution in [0.4, 0.5) is 10.1 Å². The maximum Gasteiger partial charge on any atom is 0.138 e. The van der Waals surface area contributed by atoms with Crippen molar-refractivity contribution in [3.05, 3.63) is 48.3 Å². The van der Waals surface area contributed by atoms with Gasteiger partial charge in [0.1, 0.15) is 11.6 Å². The van der Waals surface area contributed by atoms with Crippen molar-refractivity contribution >= 4 is 41.5 Å².